The maximum atomic E-state index is 6.83. The minimum Gasteiger partial charge on any atom is -0.379 e. The summed E-state index contributed by atoms with van der Waals surface area (Å²) in [6, 6.07) is 0.565. The highest BCUT2D eigenvalue weighted by molar-refractivity contribution is 4.77. The van der Waals surface area contributed by atoms with Crippen molar-refractivity contribution in [3.05, 3.63) is 11.4 Å². The Hall–Kier alpha value is -0.590. The Balaban J connectivity index is 2.45. The van der Waals surface area contributed by atoms with Crippen molar-refractivity contribution in [1.82, 2.24) is 4.90 Å². The third kappa shape index (κ3) is 3.33. The minimum absolute atomic E-state index is 0.405. The zero-order chi connectivity index (χ0) is 9.68. The van der Waals surface area contributed by atoms with Gasteiger partial charge in [-0.25, -0.2) is 6.57 Å². The summed E-state index contributed by atoms with van der Waals surface area (Å²) in [4.78, 5) is 5.83. The molecule has 1 heterocycles. The minimum atomic E-state index is 0.405. The lowest BCUT2D eigenvalue weighted by molar-refractivity contribution is 0.124. The third-order valence-corrected chi connectivity index (χ3v) is 2.45. The number of hydrogen-bond donors (Lipinski definition) is 0. The maximum absolute atomic E-state index is 6.83. The summed E-state index contributed by atoms with van der Waals surface area (Å²) in [5, 5.41) is 0. The van der Waals surface area contributed by atoms with Crippen molar-refractivity contribution in [3.63, 3.8) is 0 Å². The van der Waals surface area contributed by atoms with Crippen molar-refractivity contribution in [2.24, 2.45) is 5.92 Å². The largest absolute Gasteiger partial charge is 0.379 e. The quantitative estimate of drug-likeness (QED) is 0.598. The molecule has 0 aromatic carbocycles. The van der Waals surface area contributed by atoms with E-state index in [9.17, 15) is 0 Å². The average Bonchev–Trinajstić information content (AvgIpc) is 2.30. The summed E-state index contributed by atoms with van der Waals surface area (Å²) in [5.41, 5.74) is 0. The fraction of sp³-hybridized carbons (Fsp3) is 0.900. The second-order valence-electron chi connectivity index (χ2n) is 3.87. The van der Waals surface area contributed by atoms with Gasteiger partial charge in [-0.2, -0.15) is 0 Å². The molecule has 3 nitrogen and oxygen atoms in total. The normalized spacial score (nSPS) is 25.5. The van der Waals surface area contributed by atoms with Gasteiger partial charge in [-0.3, -0.25) is 4.90 Å². The van der Waals surface area contributed by atoms with E-state index in [2.05, 4.69) is 23.6 Å². The predicted octanol–water partition coefficient (Wildman–Crippen LogP) is 1.26. The Morgan fingerprint density at radius 1 is 1.62 bits per heavy atom. The Bertz CT molecular complexity index is 186. The molecule has 1 fully saturated rings. The van der Waals surface area contributed by atoms with E-state index in [-0.39, 0.29) is 0 Å². The van der Waals surface area contributed by atoms with Gasteiger partial charge >= 0.3 is 0 Å². The summed E-state index contributed by atoms with van der Waals surface area (Å²) in [7, 11) is 0. The highest BCUT2D eigenvalue weighted by Gasteiger charge is 2.21. The zero-order valence-corrected chi connectivity index (χ0v) is 8.49. The van der Waals surface area contributed by atoms with E-state index in [4.69, 9.17) is 11.3 Å². The highest BCUT2D eigenvalue weighted by Crippen LogP contribution is 2.10. The monoisotopic (exact) mass is 182 g/mol. The van der Waals surface area contributed by atoms with Crippen LogP contribution in [0.1, 0.15) is 13.8 Å². The van der Waals surface area contributed by atoms with Crippen LogP contribution in [0.3, 0.4) is 0 Å². The van der Waals surface area contributed by atoms with E-state index < -0.39 is 0 Å². The van der Waals surface area contributed by atoms with Crippen LogP contribution in [0.15, 0.2) is 0 Å². The molecule has 13 heavy (non-hydrogen) atoms. The van der Waals surface area contributed by atoms with Crippen LogP contribution >= 0.6 is 0 Å². The van der Waals surface area contributed by atoms with Crippen LogP contribution in [-0.2, 0) is 4.74 Å². The van der Waals surface area contributed by atoms with E-state index in [0.717, 1.165) is 26.3 Å². The molecular weight excluding hydrogens is 164 g/mol. The topological polar surface area (TPSA) is 16.8 Å². The SMILES string of the molecule is [C-]#[N+]CC1COCCN(C(C)C)C1. The molecule has 0 aromatic heterocycles. The molecule has 0 aromatic rings. The number of ether oxygens (including phenoxy) is 1. The van der Waals surface area contributed by atoms with Gasteiger partial charge in [-0.05, 0) is 13.8 Å². The average molecular weight is 182 g/mol. The van der Waals surface area contributed by atoms with Gasteiger partial charge in [0.25, 0.3) is 0 Å². The van der Waals surface area contributed by atoms with Gasteiger partial charge in [-0.1, -0.05) is 0 Å². The molecule has 1 unspecified atom stereocenters. The molecule has 0 spiro atoms. The first-order valence-corrected chi connectivity index (χ1v) is 4.89. The highest BCUT2D eigenvalue weighted by atomic mass is 16.5. The molecule has 0 bridgehead atoms. The molecule has 0 aliphatic carbocycles. The molecule has 1 rings (SSSR count). The summed E-state index contributed by atoms with van der Waals surface area (Å²) in [6.45, 7) is 15.4. The lowest BCUT2D eigenvalue weighted by Crippen LogP contribution is -2.36. The number of nitrogens with zero attached hydrogens (tertiary/aromatic N) is 2. The lowest BCUT2D eigenvalue weighted by atomic mass is 10.1. The van der Waals surface area contributed by atoms with Crippen molar-refractivity contribution in [2.45, 2.75) is 19.9 Å². The van der Waals surface area contributed by atoms with Crippen LogP contribution in [0.5, 0.6) is 0 Å². The summed E-state index contributed by atoms with van der Waals surface area (Å²) in [5.74, 6) is 0.405. The van der Waals surface area contributed by atoms with Gasteiger partial charge < -0.3 is 9.58 Å². The maximum Gasteiger partial charge on any atom is 0.220 e. The van der Waals surface area contributed by atoms with E-state index in [1.54, 1.807) is 0 Å². The van der Waals surface area contributed by atoms with Crippen molar-refractivity contribution < 1.29 is 4.74 Å². The summed E-state index contributed by atoms with van der Waals surface area (Å²) in [6.07, 6.45) is 0. The third-order valence-electron chi connectivity index (χ3n) is 2.45. The summed E-state index contributed by atoms with van der Waals surface area (Å²) >= 11 is 0. The molecule has 3 heteroatoms. The van der Waals surface area contributed by atoms with Crippen molar-refractivity contribution >= 4 is 0 Å². The molecule has 1 atom stereocenters. The second kappa shape index (κ2) is 5.21. The van der Waals surface area contributed by atoms with Gasteiger partial charge in [0.1, 0.15) is 0 Å². The van der Waals surface area contributed by atoms with Gasteiger partial charge in [0.05, 0.1) is 19.1 Å². The first-order chi connectivity index (χ1) is 6.24. The second-order valence-corrected chi connectivity index (χ2v) is 3.87. The molecule has 1 saturated heterocycles. The van der Waals surface area contributed by atoms with Crippen LogP contribution < -0.4 is 0 Å². The van der Waals surface area contributed by atoms with Crippen LogP contribution in [0.2, 0.25) is 0 Å². The van der Waals surface area contributed by atoms with Gasteiger partial charge in [0.15, 0.2) is 0 Å². The Kier molecular flexibility index (Phi) is 4.20. The standard InChI is InChI=1S/C10H18N2O/c1-9(2)12-4-5-13-8-10(7-12)6-11-3/h9-10H,4-8H2,1-2H3. The van der Waals surface area contributed by atoms with Crippen LogP contribution in [0.4, 0.5) is 0 Å². The fourth-order valence-corrected chi connectivity index (χ4v) is 1.62. The number of rotatable bonds is 2. The molecule has 0 N–H and O–H groups in total. The molecule has 0 saturated carbocycles. The van der Waals surface area contributed by atoms with Gasteiger partial charge in [0.2, 0.25) is 6.54 Å². The van der Waals surface area contributed by atoms with Crippen molar-refractivity contribution in [1.29, 1.82) is 0 Å². The zero-order valence-electron chi connectivity index (χ0n) is 8.49. The Morgan fingerprint density at radius 2 is 2.38 bits per heavy atom. The van der Waals surface area contributed by atoms with Crippen LogP contribution in [0.25, 0.3) is 4.85 Å². The summed E-state index contributed by atoms with van der Waals surface area (Å²) < 4.78 is 5.46. The first kappa shape index (κ1) is 10.5. The van der Waals surface area contributed by atoms with Crippen molar-refractivity contribution in [2.75, 3.05) is 32.8 Å². The van der Waals surface area contributed by atoms with Crippen LogP contribution in [-0.4, -0.2) is 43.8 Å². The molecular formula is C10H18N2O. The Morgan fingerprint density at radius 3 is 3.00 bits per heavy atom. The van der Waals surface area contributed by atoms with E-state index in [1.807, 2.05) is 0 Å². The van der Waals surface area contributed by atoms with E-state index in [0.29, 0.717) is 18.5 Å². The smallest absolute Gasteiger partial charge is 0.220 e. The van der Waals surface area contributed by atoms with E-state index in [1.165, 1.54) is 0 Å². The number of hydrogen-bond acceptors (Lipinski definition) is 2. The van der Waals surface area contributed by atoms with Gasteiger partial charge in [0, 0.05) is 19.1 Å². The Labute approximate surface area is 80.5 Å². The predicted molar refractivity (Wildman–Crippen MR) is 52.5 cm³/mol. The van der Waals surface area contributed by atoms with Crippen LogP contribution in [0, 0.1) is 12.5 Å². The molecule has 0 radical (unpaired) electrons. The molecule has 0 amide bonds. The van der Waals surface area contributed by atoms with E-state index >= 15 is 0 Å². The fourth-order valence-electron chi connectivity index (χ4n) is 1.62. The van der Waals surface area contributed by atoms with Gasteiger partial charge in [-0.15, -0.1) is 0 Å². The molecule has 1 aliphatic rings. The first-order valence-electron chi connectivity index (χ1n) is 4.89. The van der Waals surface area contributed by atoms with Crippen molar-refractivity contribution in [3.8, 4) is 0 Å². The molecule has 74 valence electrons. The molecule has 1 aliphatic heterocycles. The lowest BCUT2D eigenvalue weighted by Gasteiger charge is -2.25.